The van der Waals surface area contributed by atoms with Crippen LogP contribution in [0.25, 0.3) is 38.8 Å². The van der Waals surface area contributed by atoms with Crippen molar-refractivity contribution < 1.29 is 23.0 Å². The van der Waals surface area contributed by atoms with Crippen LogP contribution in [0.5, 0.6) is 5.75 Å². The molecule has 3 fully saturated rings. The Kier molecular flexibility index (Phi) is 8.28. The van der Waals surface area contributed by atoms with Crippen molar-refractivity contribution in [3.63, 3.8) is 0 Å². The molecule has 3 aromatic heterocycles. The van der Waals surface area contributed by atoms with Crippen LogP contribution in [0.2, 0.25) is 0 Å². The van der Waals surface area contributed by atoms with E-state index in [4.69, 9.17) is 19.6 Å². The quantitative estimate of drug-likeness (QED) is 0.228. The second kappa shape index (κ2) is 13.4. The van der Waals surface area contributed by atoms with Gasteiger partial charge in [-0.15, -0.1) is 0 Å². The first-order valence-corrected chi connectivity index (χ1v) is 19.0. The third kappa shape index (κ3) is 5.98. The van der Waals surface area contributed by atoms with Crippen molar-refractivity contribution in [1.82, 2.24) is 39.3 Å². The molecule has 4 aliphatic rings. The maximum atomic E-state index is 15.0. The van der Waals surface area contributed by atoms with Crippen LogP contribution in [0.15, 0.2) is 73.2 Å². The smallest absolute Gasteiger partial charge is 0.245 e. The molecule has 1 spiro atoms. The molecule has 7 heterocycles. The molecule has 0 saturated carbocycles. The van der Waals surface area contributed by atoms with Gasteiger partial charge in [-0.3, -0.25) is 9.48 Å². The lowest BCUT2D eigenvalue weighted by Gasteiger charge is -2.55. The van der Waals surface area contributed by atoms with Crippen LogP contribution in [0, 0.1) is 17.0 Å². The van der Waals surface area contributed by atoms with E-state index < -0.39 is 17.7 Å². The van der Waals surface area contributed by atoms with Gasteiger partial charge >= 0.3 is 0 Å². The number of halogens is 2. The van der Waals surface area contributed by atoms with Gasteiger partial charge in [0.25, 0.3) is 0 Å². The van der Waals surface area contributed by atoms with Gasteiger partial charge < -0.3 is 24.2 Å². The predicted octanol–water partition coefficient (Wildman–Crippen LogP) is 5.17. The highest BCUT2D eigenvalue weighted by Gasteiger charge is 2.48. The Hall–Kier alpha value is -5.47. The van der Waals surface area contributed by atoms with Crippen molar-refractivity contribution in [3.05, 3.63) is 90.5 Å². The molecular formula is C41H41F2N9O3. The van der Waals surface area contributed by atoms with Crippen molar-refractivity contribution >= 4 is 33.7 Å². The van der Waals surface area contributed by atoms with Crippen LogP contribution < -0.4 is 9.64 Å². The number of amides is 1. The molecule has 2 atom stereocenters. The standard InChI is InChI=1S/C41H41F2N9O3/c1-48-35-10-4-14-50(15-5-13-49-21-41(22-49)23-54-24-41)40(53)36-18-29(55-28-7-2-6-26(16-28)30-8-3-9-33(47-48)37(30)35)20-51(36)38-31-19-46-52(39(31)45-25-44-38)34-12-11-27(42)17-32(34)43/h2-3,6-9,11-12,16-17,19,25,29,36H,4-5,10,13-15,18,20-24H2,1H3. The summed E-state index contributed by atoms with van der Waals surface area (Å²) in [6.07, 6.45) is 5.46. The minimum atomic E-state index is -0.761. The summed E-state index contributed by atoms with van der Waals surface area (Å²) >= 11 is 0. The zero-order chi connectivity index (χ0) is 37.3. The number of fused-ring (bicyclic) bond motifs is 6. The van der Waals surface area contributed by atoms with Crippen molar-refractivity contribution in [2.75, 3.05) is 57.4 Å². The molecule has 0 N–H and O–H groups in total. The molecule has 0 radical (unpaired) electrons. The molecule has 3 aromatic carbocycles. The molecule has 1 amide bonds. The van der Waals surface area contributed by atoms with Crippen LogP contribution in [0.3, 0.4) is 0 Å². The highest BCUT2D eigenvalue weighted by molar-refractivity contribution is 5.97. The lowest BCUT2D eigenvalue weighted by atomic mass is 9.78. The van der Waals surface area contributed by atoms with Gasteiger partial charge in [0.2, 0.25) is 5.91 Å². The largest absolute Gasteiger partial charge is 0.488 e. The summed E-state index contributed by atoms with van der Waals surface area (Å²) in [5.74, 6) is -0.207. The Morgan fingerprint density at radius 3 is 2.71 bits per heavy atom. The van der Waals surface area contributed by atoms with Crippen LogP contribution >= 0.6 is 0 Å². The van der Waals surface area contributed by atoms with E-state index in [0.29, 0.717) is 54.1 Å². The third-order valence-electron chi connectivity index (χ3n) is 11.7. The van der Waals surface area contributed by atoms with E-state index in [9.17, 15) is 13.6 Å². The first-order valence-electron chi connectivity index (χ1n) is 19.0. The van der Waals surface area contributed by atoms with Crippen LogP contribution in [0.4, 0.5) is 14.6 Å². The average Bonchev–Trinajstić information content (AvgIpc) is 3.85. The predicted molar refractivity (Wildman–Crippen MR) is 202 cm³/mol. The fourth-order valence-corrected chi connectivity index (χ4v) is 9.11. The summed E-state index contributed by atoms with van der Waals surface area (Å²) < 4.78 is 44.3. The first-order chi connectivity index (χ1) is 26.8. The lowest BCUT2D eigenvalue weighted by molar-refractivity contribution is -0.188. The topological polar surface area (TPSA) is 107 Å². The highest BCUT2D eigenvalue weighted by atomic mass is 19.1. The summed E-state index contributed by atoms with van der Waals surface area (Å²) in [7, 11) is 1.99. The molecule has 4 aliphatic heterocycles. The summed E-state index contributed by atoms with van der Waals surface area (Å²) in [4.78, 5) is 30.6. The second-order valence-electron chi connectivity index (χ2n) is 15.5. The number of likely N-dealkylation sites (tertiary alicyclic amines) is 1. The summed E-state index contributed by atoms with van der Waals surface area (Å²) in [6.45, 7) is 6.29. The van der Waals surface area contributed by atoms with Crippen LogP contribution in [-0.2, 0) is 23.0 Å². The van der Waals surface area contributed by atoms with E-state index in [1.807, 2.05) is 39.7 Å². The number of benzene rings is 3. The molecule has 14 heteroatoms. The number of carbonyl (C=O) groups is 1. The Morgan fingerprint density at radius 1 is 1.00 bits per heavy atom. The van der Waals surface area contributed by atoms with Gasteiger partial charge in [0.1, 0.15) is 41.5 Å². The SMILES string of the molecule is Cn1nc2cccc3c2c1CCCN(CCCN1CC2(COC2)C1)C(=O)C1CC(CN1c1ncnc2c1cnn2-c1ccc(F)cc1F)Oc1cccc-3c1. The number of rotatable bonds is 6. The Bertz CT molecular complexity index is 2440. The molecule has 3 saturated heterocycles. The first kappa shape index (κ1) is 34.1. The third-order valence-corrected chi connectivity index (χ3v) is 11.7. The van der Waals surface area contributed by atoms with Gasteiger partial charge in [0.05, 0.1) is 36.9 Å². The van der Waals surface area contributed by atoms with E-state index in [-0.39, 0.29) is 17.7 Å². The highest BCUT2D eigenvalue weighted by Crippen LogP contribution is 2.39. The maximum absolute atomic E-state index is 15.0. The maximum Gasteiger partial charge on any atom is 0.245 e. The average molecular weight is 746 g/mol. The Labute approximate surface area is 316 Å². The monoisotopic (exact) mass is 745 g/mol. The lowest BCUT2D eigenvalue weighted by Crippen LogP contribution is -2.66. The van der Waals surface area contributed by atoms with E-state index >= 15 is 0 Å². The van der Waals surface area contributed by atoms with Crippen LogP contribution in [0.1, 0.15) is 25.0 Å². The van der Waals surface area contributed by atoms with E-state index in [2.05, 4.69) is 39.2 Å². The number of hydrogen-bond acceptors (Lipinski definition) is 9. The number of aryl methyl sites for hydroxylation is 2. The summed E-state index contributed by atoms with van der Waals surface area (Å²) in [6, 6.07) is 17.1. The number of anilines is 1. The fraction of sp³-hybridized carbons (Fsp3) is 0.390. The summed E-state index contributed by atoms with van der Waals surface area (Å²) in [5, 5.41) is 11.0. The zero-order valence-electron chi connectivity index (χ0n) is 30.6. The number of nitrogens with zero attached hydrogens (tertiary/aromatic N) is 9. The van der Waals surface area contributed by atoms with E-state index in [1.165, 1.54) is 23.1 Å². The number of carbonyl (C=O) groups excluding carboxylic acids is 1. The van der Waals surface area contributed by atoms with Gasteiger partial charge in [-0.2, -0.15) is 10.2 Å². The van der Waals surface area contributed by atoms with Crippen LogP contribution in [-0.4, -0.2) is 110 Å². The van der Waals surface area contributed by atoms with Gasteiger partial charge in [0.15, 0.2) is 11.5 Å². The van der Waals surface area contributed by atoms with E-state index in [1.54, 1.807) is 6.20 Å². The van der Waals surface area contributed by atoms with Crippen molar-refractivity contribution in [2.24, 2.45) is 12.5 Å². The fourth-order valence-electron chi connectivity index (χ4n) is 9.11. The van der Waals surface area contributed by atoms with Crippen molar-refractivity contribution in [2.45, 2.75) is 37.8 Å². The summed E-state index contributed by atoms with van der Waals surface area (Å²) in [5.41, 5.74) is 4.96. The van der Waals surface area contributed by atoms with Gasteiger partial charge in [-0.05, 0) is 67.3 Å². The number of hydrogen-bond donors (Lipinski definition) is 0. The molecule has 282 valence electrons. The van der Waals surface area contributed by atoms with E-state index in [0.717, 1.165) is 85.9 Å². The second-order valence-corrected chi connectivity index (χ2v) is 15.5. The molecule has 0 aliphatic carbocycles. The number of ether oxygens (including phenoxy) is 2. The minimum absolute atomic E-state index is 0.0153. The molecule has 2 unspecified atom stereocenters. The Morgan fingerprint density at radius 2 is 1.87 bits per heavy atom. The molecule has 55 heavy (non-hydrogen) atoms. The van der Waals surface area contributed by atoms with Crippen molar-refractivity contribution in [3.8, 4) is 22.6 Å². The normalized spacial score (nSPS) is 21.0. The Balaban J connectivity index is 1.01. The molecule has 6 aromatic rings. The molecule has 4 bridgehead atoms. The number of aromatic nitrogens is 6. The molecule has 12 nitrogen and oxygen atoms in total. The van der Waals surface area contributed by atoms with Gasteiger partial charge in [0, 0.05) is 62.2 Å². The molecule has 10 rings (SSSR count). The minimum Gasteiger partial charge on any atom is -0.488 e. The molecular weight excluding hydrogens is 705 g/mol. The van der Waals surface area contributed by atoms with Gasteiger partial charge in [-0.1, -0.05) is 24.3 Å². The van der Waals surface area contributed by atoms with Crippen molar-refractivity contribution in [1.29, 1.82) is 0 Å². The zero-order valence-corrected chi connectivity index (χ0v) is 30.6. The van der Waals surface area contributed by atoms with Gasteiger partial charge in [-0.25, -0.2) is 23.4 Å².